The van der Waals surface area contributed by atoms with Crippen molar-refractivity contribution in [3.63, 3.8) is 0 Å². The Balaban J connectivity index is 2.52. The van der Waals surface area contributed by atoms with Crippen LogP contribution in [-0.4, -0.2) is 29.9 Å². The van der Waals surface area contributed by atoms with Crippen LogP contribution < -0.4 is 9.47 Å². The number of rotatable bonds is 5. The molecule has 1 N–H and O–H groups in total. The van der Waals surface area contributed by atoms with E-state index in [9.17, 15) is 4.79 Å². The number of aromatic carboxylic acids is 1. The van der Waals surface area contributed by atoms with Crippen molar-refractivity contribution in [2.75, 3.05) is 13.7 Å². The molecular formula is C13H12BrNO5. The Hall–Kier alpha value is -2.02. The van der Waals surface area contributed by atoms with Crippen molar-refractivity contribution in [2.45, 2.75) is 6.92 Å². The lowest BCUT2D eigenvalue weighted by Gasteiger charge is -2.11. The maximum atomic E-state index is 10.8. The number of benzene rings is 1. The highest BCUT2D eigenvalue weighted by Gasteiger charge is 2.18. The monoisotopic (exact) mass is 341 g/mol. The molecule has 1 aromatic carbocycles. The summed E-state index contributed by atoms with van der Waals surface area (Å²) in [7, 11) is 1.55. The summed E-state index contributed by atoms with van der Waals surface area (Å²) >= 11 is 3.37. The van der Waals surface area contributed by atoms with E-state index >= 15 is 0 Å². The standard InChI is InChI=1S/C13H12BrNO5/c1-3-19-10-6-12(18-2)8(14)4-7(10)11-5-9(13(16)17)15-20-11/h4-6H,3H2,1-2H3,(H,16,17). The molecule has 0 aliphatic heterocycles. The van der Waals surface area contributed by atoms with Crippen LogP contribution in [0.25, 0.3) is 11.3 Å². The van der Waals surface area contributed by atoms with E-state index in [4.69, 9.17) is 19.1 Å². The lowest BCUT2D eigenvalue weighted by Crippen LogP contribution is -1.96. The maximum absolute atomic E-state index is 10.8. The normalized spacial score (nSPS) is 10.3. The van der Waals surface area contributed by atoms with Crippen molar-refractivity contribution in [1.82, 2.24) is 5.16 Å². The second-order valence-electron chi connectivity index (χ2n) is 3.80. The van der Waals surface area contributed by atoms with Crippen LogP contribution in [0.2, 0.25) is 0 Å². The Morgan fingerprint density at radius 1 is 1.40 bits per heavy atom. The second kappa shape index (κ2) is 5.96. The van der Waals surface area contributed by atoms with E-state index in [0.29, 0.717) is 33.9 Å². The molecule has 0 saturated heterocycles. The van der Waals surface area contributed by atoms with Gasteiger partial charge in [0.05, 0.1) is 23.8 Å². The highest BCUT2D eigenvalue weighted by atomic mass is 79.9. The number of carboxylic acids is 1. The fourth-order valence-electron chi connectivity index (χ4n) is 1.66. The van der Waals surface area contributed by atoms with Crippen molar-refractivity contribution in [2.24, 2.45) is 0 Å². The first-order valence-corrected chi connectivity index (χ1v) is 6.56. The van der Waals surface area contributed by atoms with Crippen molar-refractivity contribution < 1.29 is 23.9 Å². The van der Waals surface area contributed by atoms with Gasteiger partial charge in [-0.25, -0.2) is 4.79 Å². The maximum Gasteiger partial charge on any atom is 0.358 e. The average Bonchev–Trinajstić information content (AvgIpc) is 2.90. The van der Waals surface area contributed by atoms with Gasteiger partial charge in [0.2, 0.25) is 0 Å². The summed E-state index contributed by atoms with van der Waals surface area (Å²) in [5, 5.41) is 12.4. The van der Waals surface area contributed by atoms with Gasteiger partial charge >= 0.3 is 5.97 Å². The number of carbonyl (C=O) groups is 1. The lowest BCUT2D eigenvalue weighted by atomic mass is 10.1. The van der Waals surface area contributed by atoms with Gasteiger partial charge in [0.1, 0.15) is 11.5 Å². The van der Waals surface area contributed by atoms with Gasteiger partial charge in [0.15, 0.2) is 11.5 Å². The number of hydrogen-bond acceptors (Lipinski definition) is 5. The summed E-state index contributed by atoms with van der Waals surface area (Å²) in [5.41, 5.74) is 0.439. The van der Waals surface area contributed by atoms with E-state index in [1.54, 1.807) is 19.2 Å². The van der Waals surface area contributed by atoms with Crippen LogP contribution in [0.4, 0.5) is 0 Å². The van der Waals surface area contributed by atoms with Crippen molar-refractivity contribution in [3.8, 4) is 22.8 Å². The molecule has 1 aromatic heterocycles. The molecule has 0 aliphatic rings. The first-order chi connectivity index (χ1) is 9.56. The number of carboxylic acid groups (broad SMARTS) is 1. The molecule has 0 atom stereocenters. The molecule has 0 amide bonds. The van der Waals surface area contributed by atoms with E-state index in [-0.39, 0.29) is 5.69 Å². The van der Waals surface area contributed by atoms with Crippen LogP contribution in [0.5, 0.6) is 11.5 Å². The Labute approximate surface area is 123 Å². The molecule has 0 radical (unpaired) electrons. The molecule has 7 heteroatoms. The van der Waals surface area contributed by atoms with Crippen molar-refractivity contribution >= 4 is 21.9 Å². The molecule has 0 saturated carbocycles. The van der Waals surface area contributed by atoms with E-state index in [0.717, 1.165) is 0 Å². The summed E-state index contributed by atoms with van der Waals surface area (Å²) in [5.74, 6) is 0.301. The summed E-state index contributed by atoms with van der Waals surface area (Å²) in [6.07, 6.45) is 0. The highest BCUT2D eigenvalue weighted by molar-refractivity contribution is 9.10. The van der Waals surface area contributed by atoms with Crippen LogP contribution in [0, 0.1) is 0 Å². The smallest absolute Gasteiger partial charge is 0.358 e. The van der Waals surface area contributed by atoms with Gasteiger partial charge in [-0.15, -0.1) is 0 Å². The van der Waals surface area contributed by atoms with Gasteiger partial charge in [-0.1, -0.05) is 5.16 Å². The molecule has 0 unspecified atom stereocenters. The average molecular weight is 342 g/mol. The van der Waals surface area contributed by atoms with Gasteiger partial charge in [-0.2, -0.15) is 0 Å². The Morgan fingerprint density at radius 3 is 2.70 bits per heavy atom. The molecule has 0 spiro atoms. The number of halogens is 1. The van der Waals surface area contributed by atoms with Gasteiger partial charge in [0.25, 0.3) is 0 Å². The predicted octanol–water partition coefficient (Wildman–Crippen LogP) is 3.21. The van der Waals surface area contributed by atoms with E-state index < -0.39 is 5.97 Å². The molecule has 0 fully saturated rings. The molecule has 1 heterocycles. The third-order valence-electron chi connectivity index (χ3n) is 2.55. The number of nitrogens with zero attached hydrogens (tertiary/aromatic N) is 1. The van der Waals surface area contributed by atoms with Crippen LogP contribution in [0.15, 0.2) is 27.2 Å². The quantitative estimate of drug-likeness (QED) is 0.899. The van der Waals surface area contributed by atoms with Gasteiger partial charge in [0, 0.05) is 12.1 Å². The van der Waals surface area contributed by atoms with Crippen molar-refractivity contribution in [3.05, 3.63) is 28.4 Å². The Kier molecular flexibility index (Phi) is 4.29. The van der Waals surface area contributed by atoms with E-state index in [2.05, 4.69) is 21.1 Å². The molecule has 106 valence electrons. The number of aromatic nitrogens is 1. The molecule has 2 aromatic rings. The topological polar surface area (TPSA) is 81.8 Å². The summed E-state index contributed by atoms with van der Waals surface area (Å²) < 4.78 is 16.5. The molecule has 2 rings (SSSR count). The first kappa shape index (κ1) is 14.4. The zero-order chi connectivity index (χ0) is 14.7. The molecule has 6 nitrogen and oxygen atoms in total. The lowest BCUT2D eigenvalue weighted by molar-refractivity contribution is 0.0686. The number of hydrogen-bond donors (Lipinski definition) is 1. The largest absolute Gasteiger partial charge is 0.495 e. The summed E-state index contributed by atoms with van der Waals surface area (Å²) in [6, 6.07) is 4.78. The van der Waals surface area contributed by atoms with Gasteiger partial charge < -0.3 is 19.1 Å². The van der Waals surface area contributed by atoms with E-state index in [1.165, 1.54) is 6.07 Å². The molecular weight excluding hydrogens is 330 g/mol. The number of methoxy groups -OCH3 is 1. The van der Waals surface area contributed by atoms with Crippen molar-refractivity contribution in [1.29, 1.82) is 0 Å². The Bertz CT molecular complexity index is 638. The summed E-state index contributed by atoms with van der Waals surface area (Å²) in [4.78, 5) is 10.8. The first-order valence-electron chi connectivity index (χ1n) is 5.77. The van der Waals surface area contributed by atoms with Crippen LogP contribution >= 0.6 is 15.9 Å². The Morgan fingerprint density at radius 2 is 2.15 bits per heavy atom. The third-order valence-corrected chi connectivity index (χ3v) is 3.17. The predicted molar refractivity (Wildman–Crippen MR) is 74.3 cm³/mol. The number of ether oxygens (including phenoxy) is 2. The summed E-state index contributed by atoms with van der Waals surface area (Å²) in [6.45, 7) is 2.30. The van der Waals surface area contributed by atoms with Crippen LogP contribution in [0.3, 0.4) is 0 Å². The van der Waals surface area contributed by atoms with Crippen LogP contribution in [-0.2, 0) is 0 Å². The third kappa shape index (κ3) is 2.77. The van der Waals surface area contributed by atoms with Gasteiger partial charge in [-0.3, -0.25) is 0 Å². The SMILES string of the molecule is CCOc1cc(OC)c(Br)cc1-c1cc(C(=O)O)no1. The fraction of sp³-hybridized carbons (Fsp3) is 0.231. The highest BCUT2D eigenvalue weighted by Crippen LogP contribution is 2.38. The zero-order valence-corrected chi connectivity index (χ0v) is 12.4. The van der Waals surface area contributed by atoms with Gasteiger partial charge in [-0.05, 0) is 28.9 Å². The minimum absolute atomic E-state index is 0.158. The zero-order valence-electron chi connectivity index (χ0n) is 10.8. The molecule has 0 aliphatic carbocycles. The molecule has 0 bridgehead atoms. The minimum atomic E-state index is -1.15. The second-order valence-corrected chi connectivity index (χ2v) is 4.65. The van der Waals surface area contributed by atoms with Crippen LogP contribution in [0.1, 0.15) is 17.4 Å². The van der Waals surface area contributed by atoms with E-state index in [1.807, 2.05) is 6.92 Å². The molecule has 20 heavy (non-hydrogen) atoms. The fourth-order valence-corrected chi connectivity index (χ4v) is 2.17. The minimum Gasteiger partial charge on any atom is -0.495 e.